The highest BCUT2D eigenvalue weighted by molar-refractivity contribution is 7.10. The van der Waals surface area contributed by atoms with Crippen molar-refractivity contribution >= 4 is 29.2 Å². The predicted molar refractivity (Wildman–Crippen MR) is 147 cm³/mol. The van der Waals surface area contributed by atoms with E-state index in [0.29, 0.717) is 17.1 Å². The van der Waals surface area contributed by atoms with Crippen LogP contribution in [-0.2, 0) is 4.79 Å². The van der Waals surface area contributed by atoms with Gasteiger partial charge in [0.1, 0.15) is 5.70 Å². The number of hydrogen-bond acceptors (Lipinski definition) is 5. The number of ether oxygens (including phenoxy) is 2. The molecule has 0 bridgehead atoms. The highest BCUT2D eigenvalue weighted by Crippen LogP contribution is 2.28. The number of carbonyl (C=O) groups excluding carboxylic acids is 2. The van der Waals surface area contributed by atoms with E-state index >= 15 is 0 Å². The quantitative estimate of drug-likeness (QED) is 0.280. The molecular weight excluding hydrogens is 484 g/mol. The van der Waals surface area contributed by atoms with Crippen molar-refractivity contribution in [3.05, 3.63) is 123 Å². The third-order valence-electron chi connectivity index (χ3n) is 5.88. The Morgan fingerprint density at radius 3 is 2.27 bits per heavy atom. The summed E-state index contributed by atoms with van der Waals surface area (Å²) in [6, 6.07) is 25.9. The highest BCUT2D eigenvalue weighted by atomic mass is 32.1. The standard InChI is InChI=1S/C30H28N2O4S/c1-20-10-7-8-14-24(20)28(21-11-5-4-6-12-21)32-30(34)25(19-23-13-9-17-37-23)31-29(33)22-15-16-26(35-2)27(18-22)36-3/h4-19,28H,1-3H3,(H,31,33)(H,32,34)/b25-19-. The first-order chi connectivity index (χ1) is 18.0. The summed E-state index contributed by atoms with van der Waals surface area (Å²) in [5.41, 5.74) is 3.43. The summed E-state index contributed by atoms with van der Waals surface area (Å²) >= 11 is 1.47. The molecule has 4 aromatic rings. The van der Waals surface area contributed by atoms with E-state index in [1.165, 1.54) is 25.6 Å². The summed E-state index contributed by atoms with van der Waals surface area (Å²) in [6.07, 6.45) is 1.68. The Kier molecular flexibility index (Phi) is 8.38. The minimum atomic E-state index is -0.439. The average Bonchev–Trinajstić information content (AvgIpc) is 3.45. The second-order valence-electron chi connectivity index (χ2n) is 8.27. The number of hydrogen-bond donors (Lipinski definition) is 2. The van der Waals surface area contributed by atoms with E-state index in [9.17, 15) is 9.59 Å². The molecule has 0 spiro atoms. The lowest BCUT2D eigenvalue weighted by molar-refractivity contribution is -0.118. The smallest absolute Gasteiger partial charge is 0.268 e. The lowest BCUT2D eigenvalue weighted by Crippen LogP contribution is -2.37. The van der Waals surface area contributed by atoms with Gasteiger partial charge in [0.05, 0.1) is 20.3 Å². The average molecular weight is 513 g/mol. The molecule has 0 fully saturated rings. The number of carbonyl (C=O) groups is 2. The van der Waals surface area contributed by atoms with Gasteiger partial charge in [0.25, 0.3) is 11.8 Å². The molecule has 0 aliphatic rings. The lowest BCUT2D eigenvalue weighted by Gasteiger charge is -2.22. The van der Waals surface area contributed by atoms with Gasteiger partial charge in [0.2, 0.25) is 0 Å². The Balaban J connectivity index is 1.66. The molecule has 3 aromatic carbocycles. The van der Waals surface area contributed by atoms with Crippen molar-refractivity contribution < 1.29 is 19.1 Å². The maximum absolute atomic E-state index is 13.7. The molecular formula is C30H28N2O4S. The molecule has 0 radical (unpaired) electrons. The highest BCUT2D eigenvalue weighted by Gasteiger charge is 2.22. The second-order valence-corrected chi connectivity index (χ2v) is 9.25. The zero-order valence-electron chi connectivity index (χ0n) is 20.9. The fourth-order valence-corrected chi connectivity index (χ4v) is 4.61. The van der Waals surface area contributed by atoms with Crippen molar-refractivity contribution in [2.24, 2.45) is 0 Å². The number of rotatable bonds is 9. The molecule has 4 rings (SSSR count). The molecule has 6 nitrogen and oxygen atoms in total. The second kappa shape index (κ2) is 12.1. The van der Waals surface area contributed by atoms with Gasteiger partial charge in [-0.25, -0.2) is 0 Å². The van der Waals surface area contributed by atoms with Gasteiger partial charge in [0.15, 0.2) is 11.5 Å². The zero-order valence-corrected chi connectivity index (χ0v) is 21.7. The minimum Gasteiger partial charge on any atom is -0.493 e. The van der Waals surface area contributed by atoms with Crippen molar-refractivity contribution in [2.75, 3.05) is 14.2 Å². The van der Waals surface area contributed by atoms with Crippen LogP contribution >= 0.6 is 11.3 Å². The maximum atomic E-state index is 13.7. The Labute approximate surface area is 220 Å². The van der Waals surface area contributed by atoms with Gasteiger partial charge in [-0.05, 0) is 59.3 Å². The van der Waals surface area contributed by atoms with Crippen LogP contribution in [0.4, 0.5) is 0 Å². The number of amides is 2. The Bertz CT molecular complexity index is 1400. The summed E-state index contributed by atoms with van der Waals surface area (Å²) in [7, 11) is 3.03. The first kappa shape index (κ1) is 25.7. The van der Waals surface area contributed by atoms with Crippen LogP contribution in [0, 0.1) is 6.92 Å². The van der Waals surface area contributed by atoms with Crippen LogP contribution < -0.4 is 20.1 Å². The fourth-order valence-electron chi connectivity index (χ4n) is 3.95. The Morgan fingerprint density at radius 1 is 0.865 bits per heavy atom. The lowest BCUT2D eigenvalue weighted by atomic mass is 9.95. The molecule has 0 saturated carbocycles. The van der Waals surface area contributed by atoms with Gasteiger partial charge < -0.3 is 20.1 Å². The summed E-state index contributed by atoms with van der Waals surface area (Å²) in [5.74, 6) is 0.0903. The molecule has 0 aliphatic carbocycles. The monoisotopic (exact) mass is 512 g/mol. The summed E-state index contributed by atoms with van der Waals surface area (Å²) in [6.45, 7) is 2.01. The molecule has 1 atom stereocenters. The summed E-state index contributed by atoms with van der Waals surface area (Å²) in [5, 5.41) is 7.86. The SMILES string of the molecule is COc1ccc(C(=O)N/C(=C\c2cccs2)C(=O)NC(c2ccccc2)c2ccccc2C)cc1OC. The third kappa shape index (κ3) is 6.26. The number of thiophene rings is 1. The van der Waals surface area contributed by atoms with Crippen molar-refractivity contribution in [2.45, 2.75) is 13.0 Å². The fraction of sp³-hybridized carbons (Fsp3) is 0.133. The van der Waals surface area contributed by atoms with E-state index in [-0.39, 0.29) is 5.70 Å². The van der Waals surface area contributed by atoms with Gasteiger partial charge in [-0.2, -0.15) is 0 Å². The number of methoxy groups -OCH3 is 2. The normalized spacial score (nSPS) is 11.9. The van der Waals surface area contributed by atoms with Crippen LogP contribution in [0.3, 0.4) is 0 Å². The van der Waals surface area contributed by atoms with Crippen LogP contribution in [0.1, 0.15) is 38.0 Å². The van der Waals surface area contributed by atoms with Crippen LogP contribution in [0.2, 0.25) is 0 Å². The molecule has 2 amide bonds. The number of benzene rings is 3. The molecule has 188 valence electrons. The summed E-state index contributed by atoms with van der Waals surface area (Å²) in [4.78, 5) is 27.7. The zero-order chi connectivity index (χ0) is 26.2. The topological polar surface area (TPSA) is 76.7 Å². The molecule has 37 heavy (non-hydrogen) atoms. The van der Waals surface area contributed by atoms with Crippen LogP contribution in [0.5, 0.6) is 11.5 Å². The van der Waals surface area contributed by atoms with E-state index < -0.39 is 17.9 Å². The van der Waals surface area contributed by atoms with Gasteiger partial charge in [0, 0.05) is 10.4 Å². The largest absolute Gasteiger partial charge is 0.493 e. The molecule has 1 unspecified atom stereocenters. The number of nitrogens with one attached hydrogen (secondary N) is 2. The minimum absolute atomic E-state index is 0.136. The first-order valence-corrected chi connectivity index (χ1v) is 12.6. The maximum Gasteiger partial charge on any atom is 0.268 e. The molecule has 2 N–H and O–H groups in total. The third-order valence-corrected chi connectivity index (χ3v) is 6.70. The molecule has 1 aromatic heterocycles. The molecule has 7 heteroatoms. The molecule has 0 saturated heterocycles. The van der Waals surface area contributed by atoms with Gasteiger partial charge >= 0.3 is 0 Å². The molecule has 0 aliphatic heterocycles. The number of aryl methyl sites for hydroxylation is 1. The first-order valence-electron chi connectivity index (χ1n) is 11.7. The van der Waals surface area contributed by atoms with Crippen molar-refractivity contribution in [1.82, 2.24) is 10.6 Å². The van der Waals surface area contributed by atoms with E-state index in [2.05, 4.69) is 10.6 Å². The van der Waals surface area contributed by atoms with Crippen molar-refractivity contribution in [1.29, 1.82) is 0 Å². The van der Waals surface area contributed by atoms with Gasteiger partial charge in [-0.1, -0.05) is 60.7 Å². The van der Waals surface area contributed by atoms with E-state index in [1.807, 2.05) is 79.0 Å². The van der Waals surface area contributed by atoms with E-state index in [1.54, 1.807) is 24.3 Å². The van der Waals surface area contributed by atoms with Crippen LogP contribution in [0.25, 0.3) is 6.08 Å². The van der Waals surface area contributed by atoms with Crippen molar-refractivity contribution in [3.8, 4) is 11.5 Å². The van der Waals surface area contributed by atoms with E-state index in [0.717, 1.165) is 21.6 Å². The Hall–Kier alpha value is -4.36. The van der Waals surface area contributed by atoms with Crippen LogP contribution in [0.15, 0.2) is 96.0 Å². The van der Waals surface area contributed by atoms with Gasteiger partial charge in [-0.3, -0.25) is 9.59 Å². The molecule has 1 heterocycles. The summed E-state index contributed by atoms with van der Waals surface area (Å²) < 4.78 is 10.6. The van der Waals surface area contributed by atoms with Crippen molar-refractivity contribution in [3.63, 3.8) is 0 Å². The Morgan fingerprint density at radius 2 is 1.59 bits per heavy atom. The van der Waals surface area contributed by atoms with Crippen LogP contribution in [-0.4, -0.2) is 26.0 Å². The predicted octanol–water partition coefficient (Wildman–Crippen LogP) is 5.75. The van der Waals surface area contributed by atoms with Gasteiger partial charge in [-0.15, -0.1) is 11.3 Å². The van der Waals surface area contributed by atoms with E-state index in [4.69, 9.17) is 9.47 Å².